The number of rotatable bonds is 6. The number of halogens is 3. The number of hydrogen-bond acceptors (Lipinski definition) is 5. The molecule has 3 saturated carbocycles. The van der Waals surface area contributed by atoms with Gasteiger partial charge in [-0.05, 0) is 58.4 Å². The number of amides is 1. The summed E-state index contributed by atoms with van der Waals surface area (Å²) in [5, 5.41) is 16.0. The maximum Gasteiger partial charge on any atom is 0.255 e. The highest BCUT2D eigenvalue weighted by Crippen LogP contribution is 2.47. The smallest absolute Gasteiger partial charge is 0.255 e. The third kappa shape index (κ3) is 5.06. The molecule has 0 radical (unpaired) electrons. The molecule has 3 aliphatic carbocycles. The monoisotopic (exact) mass is 434 g/mol. The first-order valence-electron chi connectivity index (χ1n) is 9.39. The van der Waals surface area contributed by atoms with E-state index in [0.717, 1.165) is 38.5 Å². The van der Waals surface area contributed by atoms with Crippen molar-refractivity contribution >= 4 is 35.6 Å². The molecule has 3 fully saturated rings. The molecule has 1 aromatic heterocycles. The molecule has 6 nitrogen and oxygen atoms in total. The summed E-state index contributed by atoms with van der Waals surface area (Å²) in [6.45, 7) is 2.44. The summed E-state index contributed by atoms with van der Waals surface area (Å²) in [6.07, 6.45) is 5.50. The molecule has 0 unspecified atom stereocenters. The molecule has 9 heteroatoms. The molecule has 1 heterocycles. The maximum atomic E-state index is 14.0. The van der Waals surface area contributed by atoms with Gasteiger partial charge in [0, 0.05) is 17.3 Å². The number of nitrogens with two attached hydrogens (primary N) is 1. The van der Waals surface area contributed by atoms with Crippen molar-refractivity contribution in [2.24, 2.45) is 5.73 Å². The average molecular weight is 435 g/mol. The first kappa shape index (κ1) is 23.1. The van der Waals surface area contributed by atoms with Crippen molar-refractivity contribution in [3.05, 3.63) is 23.0 Å². The fourth-order valence-corrected chi connectivity index (χ4v) is 4.09. The Labute approximate surface area is 176 Å². The van der Waals surface area contributed by atoms with E-state index < -0.39 is 17.7 Å². The van der Waals surface area contributed by atoms with Crippen LogP contribution in [0.1, 0.15) is 62.7 Å². The molecule has 0 aromatic carbocycles. The molecule has 0 aliphatic heterocycles. The Morgan fingerprint density at radius 2 is 1.93 bits per heavy atom. The van der Waals surface area contributed by atoms with Crippen LogP contribution in [-0.4, -0.2) is 45.4 Å². The zero-order chi connectivity index (χ0) is 19.9. The van der Waals surface area contributed by atoms with Crippen LogP contribution >= 0.6 is 24.0 Å². The lowest BCUT2D eigenvalue weighted by Crippen LogP contribution is -2.57. The Morgan fingerprint density at radius 1 is 1.36 bits per heavy atom. The third-order valence-electron chi connectivity index (χ3n) is 6.03. The fourth-order valence-electron chi connectivity index (χ4n) is 3.93. The molecule has 3 aliphatic rings. The summed E-state index contributed by atoms with van der Waals surface area (Å²) in [5.74, 6) is -0.454. The van der Waals surface area contributed by atoms with Gasteiger partial charge in [-0.1, -0.05) is 11.6 Å². The first-order chi connectivity index (χ1) is 12.5. The fraction of sp³-hybridized carbons (Fsp3) is 0.684. The highest BCUT2D eigenvalue weighted by Gasteiger charge is 2.46. The van der Waals surface area contributed by atoms with Crippen LogP contribution in [0.25, 0.3) is 0 Å². The van der Waals surface area contributed by atoms with E-state index in [4.69, 9.17) is 17.3 Å². The maximum absolute atomic E-state index is 14.0. The van der Waals surface area contributed by atoms with E-state index in [9.17, 15) is 14.3 Å². The highest BCUT2D eigenvalue weighted by atomic mass is 35.5. The molecule has 5 N–H and O–H groups in total. The van der Waals surface area contributed by atoms with E-state index in [0.29, 0.717) is 11.3 Å². The van der Waals surface area contributed by atoms with Crippen LogP contribution in [0.5, 0.6) is 0 Å². The number of anilines is 1. The Balaban J connectivity index is 0.00000280. The third-order valence-corrected chi connectivity index (χ3v) is 6.23. The van der Waals surface area contributed by atoms with Crippen molar-refractivity contribution < 1.29 is 14.3 Å². The van der Waals surface area contributed by atoms with Crippen LogP contribution in [0.4, 0.5) is 10.1 Å². The predicted molar refractivity (Wildman–Crippen MR) is 111 cm³/mol. The molecule has 1 aromatic rings. The molecule has 1 atom stereocenters. The second-order valence-corrected chi connectivity index (χ2v) is 9.04. The second-order valence-electron chi connectivity index (χ2n) is 8.65. The quantitative estimate of drug-likeness (QED) is 0.515. The number of carbonyl (C=O) groups is 1. The van der Waals surface area contributed by atoms with Gasteiger partial charge in [0.1, 0.15) is 11.3 Å². The highest BCUT2D eigenvalue weighted by molar-refractivity contribution is 6.29. The number of carbonyl (C=O) groups excluding carboxylic acids is 1. The van der Waals surface area contributed by atoms with Crippen molar-refractivity contribution in [1.29, 1.82) is 0 Å². The average Bonchev–Trinajstić information content (AvgIpc) is 2.60. The Kier molecular flexibility index (Phi) is 6.86. The number of hydrogen-bond donors (Lipinski definition) is 4. The summed E-state index contributed by atoms with van der Waals surface area (Å²) in [6, 6.07) is 1.63. The Bertz CT molecular complexity index is 702. The Hall–Kier alpha value is -1.15. The van der Waals surface area contributed by atoms with E-state index in [1.165, 1.54) is 20.0 Å². The predicted octanol–water partition coefficient (Wildman–Crippen LogP) is 3.21. The molecule has 28 heavy (non-hydrogen) atoms. The number of nitrogens with zero attached hydrogens (tertiary/aromatic N) is 1. The standard InChI is InChI=1S/C19H28ClFN4O2.ClH/c1-17(2,27)14(21)11-24-16(26)12-10-23-15(20)9-13(12)25-19-6-3-18(22,4-7-19)5-8-19;/h9-10,14,27H,3-8,11,22H2,1-2H3,(H,23,25)(H,24,26);1H/t14-,18?,19?;/m1./s1. The van der Waals surface area contributed by atoms with E-state index in [-0.39, 0.29) is 35.2 Å². The summed E-state index contributed by atoms with van der Waals surface area (Å²) < 4.78 is 14.0. The van der Waals surface area contributed by atoms with Crippen molar-refractivity contribution in [3.8, 4) is 0 Å². The number of pyridine rings is 1. The van der Waals surface area contributed by atoms with Crippen LogP contribution in [0.15, 0.2) is 12.3 Å². The molecule has 158 valence electrons. The molecule has 2 bridgehead atoms. The van der Waals surface area contributed by atoms with Gasteiger partial charge in [0.15, 0.2) is 0 Å². The number of alkyl halides is 1. The number of nitrogens with one attached hydrogen (secondary N) is 2. The number of aliphatic hydroxyl groups is 1. The van der Waals surface area contributed by atoms with Crippen molar-refractivity contribution in [1.82, 2.24) is 10.3 Å². The topological polar surface area (TPSA) is 100 Å². The van der Waals surface area contributed by atoms with Gasteiger partial charge in [0.25, 0.3) is 5.91 Å². The normalized spacial score (nSPS) is 27.6. The molecular formula is C19H29Cl2FN4O2. The second kappa shape index (κ2) is 8.30. The summed E-state index contributed by atoms with van der Waals surface area (Å²) in [4.78, 5) is 16.6. The van der Waals surface area contributed by atoms with E-state index >= 15 is 0 Å². The summed E-state index contributed by atoms with van der Waals surface area (Å²) in [5.41, 5.74) is 5.61. The van der Waals surface area contributed by atoms with Crippen LogP contribution < -0.4 is 16.4 Å². The van der Waals surface area contributed by atoms with Crippen LogP contribution in [-0.2, 0) is 0 Å². The SMILES string of the molecule is CC(C)(O)[C@H](F)CNC(=O)c1cnc(Cl)cc1NC12CCC(N)(CC1)CC2.Cl. The number of fused-ring (bicyclic) bond motifs is 3. The van der Waals surface area contributed by atoms with E-state index in [1.54, 1.807) is 6.07 Å². The largest absolute Gasteiger partial charge is 0.387 e. The number of aromatic nitrogens is 1. The van der Waals surface area contributed by atoms with Crippen LogP contribution in [0, 0.1) is 0 Å². The van der Waals surface area contributed by atoms with Gasteiger partial charge in [-0.25, -0.2) is 9.37 Å². The van der Waals surface area contributed by atoms with Crippen molar-refractivity contribution in [3.63, 3.8) is 0 Å². The van der Waals surface area contributed by atoms with Gasteiger partial charge in [0.2, 0.25) is 0 Å². The zero-order valence-corrected chi connectivity index (χ0v) is 17.8. The first-order valence-corrected chi connectivity index (χ1v) is 9.77. The molecule has 0 saturated heterocycles. The minimum absolute atomic E-state index is 0. The van der Waals surface area contributed by atoms with Gasteiger partial charge in [-0.2, -0.15) is 0 Å². The van der Waals surface area contributed by atoms with Gasteiger partial charge >= 0.3 is 0 Å². The van der Waals surface area contributed by atoms with Crippen LogP contribution in [0.3, 0.4) is 0 Å². The Morgan fingerprint density at radius 3 is 2.46 bits per heavy atom. The lowest BCUT2D eigenvalue weighted by molar-refractivity contribution is -0.00177. The molecule has 4 rings (SSSR count). The minimum Gasteiger partial charge on any atom is -0.387 e. The lowest BCUT2D eigenvalue weighted by atomic mass is 9.62. The molecular weight excluding hydrogens is 406 g/mol. The summed E-state index contributed by atoms with van der Waals surface area (Å²) >= 11 is 6.05. The lowest BCUT2D eigenvalue weighted by Gasteiger charge is -2.52. The van der Waals surface area contributed by atoms with Gasteiger partial charge in [0.05, 0.1) is 23.4 Å². The van der Waals surface area contributed by atoms with Gasteiger partial charge in [-0.3, -0.25) is 4.79 Å². The van der Waals surface area contributed by atoms with Gasteiger partial charge < -0.3 is 21.5 Å². The molecule has 1 amide bonds. The minimum atomic E-state index is -1.58. The van der Waals surface area contributed by atoms with Crippen LogP contribution in [0.2, 0.25) is 5.15 Å². The van der Waals surface area contributed by atoms with Gasteiger partial charge in [-0.15, -0.1) is 12.4 Å². The van der Waals surface area contributed by atoms with Crippen molar-refractivity contribution in [2.75, 3.05) is 11.9 Å². The molecule has 0 spiro atoms. The van der Waals surface area contributed by atoms with E-state index in [1.807, 2.05) is 0 Å². The summed E-state index contributed by atoms with van der Waals surface area (Å²) in [7, 11) is 0. The van der Waals surface area contributed by atoms with E-state index in [2.05, 4.69) is 15.6 Å². The van der Waals surface area contributed by atoms with Crippen molar-refractivity contribution in [2.45, 2.75) is 75.2 Å². The zero-order valence-electron chi connectivity index (χ0n) is 16.2.